The largest absolute Gasteiger partial charge is 0.249 e. The van der Waals surface area contributed by atoms with Gasteiger partial charge in [-0.3, -0.25) is 0 Å². The SMILES string of the molecule is Cc1cc(F)c2nc3c(c(Cl)c2c1)CCCCC3. The van der Waals surface area contributed by atoms with E-state index in [2.05, 4.69) is 4.98 Å². The molecular weight excluding hydrogens is 249 g/mol. The van der Waals surface area contributed by atoms with Crippen LogP contribution in [0.2, 0.25) is 5.02 Å². The van der Waals surface area contributed by atoms with Crippen LogP contribution in [0.3, 0.4) is 0 Å². The van der Waals surface area contributed by atoms with Crippen molar-refractivity contribution in [3.63, 3.8) is 0 Å². The smallest absolute Gasteiger partial charge is 0.149 e. The Morgan fingerprint density at radius 2 is 1.94 bits per heavy atom. The topological polar surface area (TPSA) is 12.9 Å². The van der Waals surface area contributed by atoms with E-state index in [1.807, 2.05) is 13.0 Å². The zero-order valence-corrected chi connectivity index (χ0v) is 11.1. The lowest BCUT2D eigenvalue weighted by Crippen LogP contribution is -2.00. The molecule has 3 heteroatoms. The second-order valence-electron chi connectivity index (χ2n) is 5.05. The minimum Gasteiger partial charge on any atom is -0.249 e. The first-order chi connectivity index (χ1) is 8.66. The normalized spacial score (nSPS) is 15.5. The predicted molar refractivity (Wildman–Crippen MR) is 72.7 cm³/mol. The van der Waals surface area contributed by atoms with Crippen molar-refractivity contribution in [1.29, 1.82) is 0 Å². The molecule has 0 spiro atoms. The third kappa shape index (κ3) is 1.89. The highest BCUT2D eigenvalue weighted by Crippen LogP contribution is 2.33. The van der Waals surface area contributed by atoms with Crippen molar-refractivity contribution in [2.45, 2.75) is 39.0 Å². The first-order valence-corrected chi connectivity index (χ1v) is 6.81. The van der Waals surface area contributed by atoms with E-state index in [0.29, 0.717) is 10.5 Å². The Labute approximate surface area is 111 Å². The monoisotopic (exact) mass is 263 g/mol. The van der Waals surface area contributed by atoms with Crippen molar-refractivity contribution in [3.05, 3.63) is 39.8 Å². The van der Waals surface area contributed by atoms with Crippen LogP contribution < -0.4 is 0 Å². The van der Waals surface area contributed by atoms with E-state index in [0.717, 1.165) is 47.9 Å². The van der Waals surface area contributed by atoms with Gasteiger partial charge in [-0.2, -0.15) is 0 Å². The molecule has 0 bridgehead atoms. The minimum atomic E-state index is -0.265. The van der Waals surface area contributed by atoms with E-state index in [1.54, 1.807) is 0 Å². The van der Waals surface area contributed by atoms with Gasteiger partial charge in [0.25, 0.3) is 0 Å². The van der Waals surface area contributed by atoms with Gasteiger partial charge in [0.2, 0.25) is 0 Å². The number of pyridine rings is 1. The number of hydrogen-bond donors (Lipinski definition) is 0. The van der Waals surface area contributed by atoms with Crippen LogP contribution in [0.25, 0.3) is 10.9 Å². The Morgan fingerprint density at radius 3 is 2.78 bits per heavy atom. The van der Waals surface area contributed by atoms with Gasteiger partial charge in [0.1, 0.15) is 11.3 Å². The molecule has 0 aliphatic heterocycles. The molecule has 94 valence electrons. The molecule has 0 N–H and O–H groups in total. The number of aryl methyl sites for hydroxylation is 2. The van der Waals surface area contributed by atoms with Gasteiger partial charge in [-0.1, -0.05) is 18.0 Å². The number of aromatic nitrogens is 1. The standard InChI is InChI=1S/C15H15ClFN/c1-9-7-11-14(16)10-5-3-2-4-6-13(10)18-15(11)12(17)8-9/h7-8H,2-6H2,1H3. The lowest BCUT2D eigenvalue weighted by molar-refractivity contribution is 0.634. The second kappa shape index (κ2) is 4.51. The van der Waals surface area contributed by atoms with Crippen LogP contribution in [-0.4, -0.2) is 4.98 Å². The molecule has 3 rings (SSSR count). The maximum absolute atomic E-state index is 14.0. The van der Waals surface area contributed by atoms with Crippen molar-refractivity contribution >= 4 is 22.5 Å². The van der Waals surface area contributed by atoms with Gasteiger partial charge in [0.05, 0.1) is 5.02 Å². The number of benzene rings is 1. The molecule has 1 nitrogen and oxygen atoms in total. The fourth-order valence-corrected chi connectivity index (χ4v) is 3.09. The van der Waals surface area contributed by atoms with Crippen molar-refractivity contribution in [1.82, 2.24) is 4.98 Å². The summed E-state index contributed by atoms with van der Waals surface area (Å²) >= 11 is 6.47. The van der Waals surface area contributed by atoms with Crippen LogP contribution in [-0.2, 0) is 12.8 Å². The summed E-state index contributed by atoms with van der Waals surface area (Å²) in [5.41, 5.74) is 3.43. The molecule has 0 atom stereocenters. The second-order valence-corrected chi connectivity index (χ2v) is 5.43. The zero-order valence-electron chi connectivity index (χ0n) is 10.4. The molecule has 0 saturated carbocycles. The fourth-order valence-electron chi connectivity index (χ4n) is 2.74. The Kier molecular flexibility index (Phi) is 2.98. The van der Waals surface area contributed by atoms with Gasteiger partial charge in [-0.05, 0) is 55.9 Å². The maximum atomic E-state index is 14.0. The number of hydrogen-bond acceptors (Lipinski definition) is 1. The highest BCUT2D eigenvalue weighted by atomic mass is 35.5. The molecule has 0 fully saturated rings. The molecule has 18 heavy (non-hydrogen) atoms. The Morgan fingerprint density at radius 1 is 1.17 bits per heavy atom. The molecule has 0 amide bonds. The van der Waals surface area contributed by atoms with Gasteiger partial charge in [0, 0.05) is 11.1 Å². The number of nitrogens with zero attached hydrogens (tertiary/aromatic N) is 1. The summed E-state index contributed by atoms with van der Waals surface area (Å²) in [6.07, 6.45) is 5.35. The van der Waals surface area contributed by atoms with Crippen LogP contribution in [0, 0.1) is 12.7 Å². The Hall–Kier alpha value is -1.15. The molecule has 1 heterocycles. The minimum absolute atomic E-state index is 0.265. The summed E-state index contributed by atoms with van der Waals surface area (Å²) in [4.78, 5) is 4.52. The Balaban J connectivity index is 2.34. The van der Waals surface area contributed by atoms with Crippen molar-refractivity contribution in [3.8, 4) is 0 Å². The molecular formula is C15H15ClFN. The highest BCUT2D eigenvalue weighted by Gasteiger charge is 2.17. The van der Waals surface area contributed by atoms with Crippen LogP contribution in [0.15, 0.2) is 12.1 Å². The number of fused-ring (bicyclic) bond motifs is 2. The summed E-state index contributed by atoms with van der Waals surface area (Å²) in [5, 5.41) is 1.47. The molecule has 1 aliphatic rings. The van der Waals surface area contributed by atoms with E-state index >= 15 is 0 Å². The van der Waals surface area contributed by atoms with Gasteiger partial charge in [-0.15, -0.1) is 0 Å². The van der Waals surface area contributed by atoms with Crippen LogP contribution in [0.4, 0.5) is 4.39 Å². The average Bonchev–Trinajstić information content (AvgIpc) is 2.56. The average molecular weight is 264 g/mol. The van der Waals surface area contributed by atoms with Crippen molar-refractivity contribution in [2.24, 2.45) is 0 Å². The third-order valence-electron chi connectivity index (χ3n) is 3.64. The van der Waals surface area contributed by atoms with Crippen LogP contribution >= 0.6 is 11.6 Å². The van der Waals surface area contributed by atoms with Gasteiger partial charge in [0.15, 0.2) is 0 Å². The van der Waals surface area contributed by atoms with Gasteiger partial charge in [-0.25, -0.2) is 9.37 Å². The van der Waals surface area contributed by atoms with Gasteiger partial charge < -0.3 is 0 Å². The molecule has 1 aromatic heterocycles. The van der Waals surface area contributed by atoms with Crippen LogP contribution in [0.1, 0.15) is 36.1 Å². The highest BCUT2D eigenvalue weighted by molar-refractivity contribution is 6.36. The molecule has 2 aromatic rings. The first kappa shape index (κ1) is 11.9. The fraction of sp³-hybridized carbons (Fsp3) is 0.400. The molecule has 1 aromatic carbocycles. The molecule has 1 aliphatic carbocycles. The number of halogens is 2. The summed E-state index contributed by atoms with van der Waals surface area (Å²) < 4.78 is 14.0. The van der Waals surface area contributed by atoms with Crippen molar-refractivity contribution < 1.29 is 4.39 Å². The third-order valence-corrected chi connectivity index (χ3v) is 4.08. The number of rotatable bonds is 0. The van der Waals surface area contributed by atoms with E-state index in [1.165, 1.54) is 12.5 Å². The summed E-state index contributed by atoms with van der Waals surface area (Å²) in [6, 6.07) is 3.45. The first-order valence-electron chi connectivity index (χ1n) is 6.44. The van der Waals surface area contributed by atoms with Gasteiger partial charge >= 0.3 is 0 Å². The molecule has 0 saturated heterocycles. The Bertz CT molecular complexity index is 622. The summed E-state index contributed by atoms with van der Waals surface area (Å²) in [7, 11) is 0. The lowest BCUT2D eigenvalue weighted by atomic mass is 10.0. The maximum Gasteiger partial charge on any atom is 0.149 e. The van der Waals surface area contributed by atoms with E-state index in [9.17, 15) is 4.39 Å². The quantitative estimate of drug-likeness (QED) is 0.633. The summed E-state index contributed by atoms with van der Waals surface area (Å²) in [5.74, 6) is -0.265. The van der Waals surface area contributed by atoms with E-state index in [-0.39, 0.29) is 5.82 Å². The molecule has 0 radical (unpaired) electrons. The lowest BCUT2D eigenvalue weighted by Gasteiger charge is -2.11. The predicted octanol–water partition coefficient (Wildman–Crippen LogP) is 4.60. The summed E-state index contributed by atoms with van der Waals surface area (Å²) in [6.45, 7) is 1.88. The van der Waals surface area contributed by atoms with Crippen LogP contribution in [0.5, 0.6) is 0 Å². The van der Waals surface area contributed by atoms with E-state index < -0.39 is 0 Å². The van der Waals surface area contributed by atoms with Crippen molar-refractivity contribution in [2.75, 3.05) is 0 Å². The zero-order chi connectivity index (χ0) is 12.7. The van der Waals surface area contributed by atoms with E-state index in [4.69, 9.17) is 11.6 Å². The molecule has 0 unspecified atom stereocenters.